The molecule has 1 aliphatic rings. The topological polar surface area (TPSA) is 49.4 Å². The van der Waals surface area contributed by atoms with Crippen LogP contribution in [-0.2, 0) is 4.79 Å². The summed E-state index contributed by atoms with van der Waals surface area (Å²) >= 11 is 9.66. The molecule has 1 atom stereocenters. The van der Waals surface area contributed by atoms with Gasteiger partial charge in [-0.25, -0.2) is 4.79 Å². The molecule has 0 aromatic heterocycles. The lowest BCUT2D eigenvalue weighted by atomic mass is 9.94. The number of anilines is 1. The Morgan fingerprint density at radius 2 is 1.90 bits per heavy atom. The highest BCUT2D eigenvalue weighted by Gasteiger charge is 2.34. The van der Waals surface area contributed by atoms with E-state index in [9.17, 15) is 9.59 Å². The van der Waals surface area contributed by atoms with Gasteiger partial charge in [-0.3, -0.25) is 9.69 Å². The zero-order valence-electron chi connectivity index (χ0n) is 10.7. The molecular formula is C15H10BrClN2O2. The molecule has 4 nitrogen and oxygen atoms in total. The van der Waals surface area contributed by atoms with Crippen molar-refractivity contribution in [2.24, 2.45) is 0 Å². The summed E-state index contributed by atoms with van der Waals surface area (Å²) in [5.41, 5.74) is 2.15. The maximum absolute atomic E-state index is 12.1. The molecule has 6 heteroatoms. The zero-order valence-corrected chi connectivity index (χ0v) is 13.1. The van der Waals surface area contributed by atoms with Crippen LogP contribution in [0.25, 0.3) is 0 Å². The van der Waals surface area contributed by atoms with Crippen LogP contribution in [0.1, 0.15) is 17.2 Å². The maximum atomic E-state index is 12.1. The minimum atomic E-state index is -0.534. The summed E-state index contributed by atoms with van der Waals surface area (Å²) in [6, 6.07) is 11.7. The summed E-state index contributed by atoms with van der Waals surface area (Å²) in [6.45, 7) is 0. The van der Waals surface area contributed by atoms with Crippen LogP contribution in [0.4, 0.5) is 10.5 Å². The van der Waals surface area contributed by atoms with Gasteiger partial charge in [0.25, 0.3) is 0 Å². The van der Waals surface area contributed by atoms with Crippen molar-refractivity contribution >= 4 is 45.7 Å². The lowest BCUT2D eigenvalue weighted by molar-refractivity contribution is -0.116. The second-order valence-corrected chi connectivity index (χ2v) is 5.92. The second kappa shape index (κ2) is 5.50. The van der Waals surface area contributed by atoms with E-state index in [1.54, 1.807) is 18.2 Å². The number of hydrogen-bond donors (Lipinski definition) is 1. The van der Waals surface area contributed by atoms with Crippen molar-refractivity contribution in [1.82, 2.24) is 4.90 Å². The van der Waals surface area contributed by atoms with Crippen molar-refractivity contribution in [3.63, 3.8) is 0 Å². The molecule has 0 fully saturated rings. The number of amides is 3. The van der Waals surface area contributed by atoms with Gasteiger partial charge in [-0.2, -0.15) is 0 Å². The summed E-state index contributed by atoms with van der Waals surface area (Å²) in [5, 5.41) is 3.18. The number of benzene rings is 2. The second-order valence-electron chi connectivity index (χ2n) is 4.60. The predicted octanol–water partition coefficient (Wildman–Crippen LogP) is 4.20. The van der Waals surface area contributed by atoms with Gasteiger partial charge in [0.15, 0.2) is 0 Å². The first-order chi connectivity index (χ1) is 10.1. The molecule has 1 aliphatic heterocycles. The predicted molar refractivity (Wildman–Crippen MR) is 84.4 cm³/mol. The Labute approximate surface area is 134 Å². The fourth-order valence-corrected chi connectivity index (χ4v) is 2.98. The lowest BCUT2D eigenvalue weighted by Crippen LogP contribution is -2.42. The summed E-state index contributed by atoms with van der Waals surface area (Å²) in [7, 11) is 0. The number of hydrogen-bond acceptors (Lipinski definition) is 2. The number of nitrogens with zero attached hydrogens (tertiary/aromatic N) is 1. The van der Waals surface area contributed by atoms with Gasteiger partial charge in [-0.05, 0) is 29.8 Å². The average molecular weight is 366 g/mol. The van der Waals surface area contributed by atoms with E-state index >= 15 is 0 Å². The third-order valence-corrected chi connectivity index (χ3v) is 4.24. The number of fused-ring (bicyclic) bond motifs is 1. The lowest BCUT2D eigenvalue weighted by Gasteiger charge is -2.34. The molecule has 2 aromatic rings. The van der Waals surface area contributed by atoms with Crippen molar-refractivity contribution in [3.05, 3.63) is 63.1 Å². The molecule has 0 radical (unpaired) electrons. The molecule has 0 aliphatic carbocycles. The smallest absolute Gasteiger partial charge is 0.307 e. The van der Waals surface area contributed by atoms with Crippen molar-refractivity contribution in [2.75, 3.05) is 5.32 Å². The molecule has 1 unspecified atom stereocenters. The molecule has 0 bridgehead atoms. The molecule has 0 saturated carbocycles. The Morgan fingerprint density at radius 1 is 1.19 bits per heavy atom. The molecule has 0 spiro atoms. The van der Waals surface area contributed by atoms with Crippen LogP contribution in [-0.4, -0.2) is 17.3 Å². The first-order valence-electron chi connectivity index (χ1n) is 6.20. The third-order valence-electron chi connectivity index (χ3n) is 3.38. The highest BCUT2D eigenvalue weighted by Crippen LogP contribution is 2.41. The highest BCUT2D eigenvalue weighted by atomic mass is 79.9. The van der Waals surface area contributed by atoms with E-state index in [1.165, 1.54) is 0 Å². The quantitative estimate of drug-likeness (QED) is 0.811. The van der Waals surface area contributed by atoms with E-state index in [2.05, 4.69) is 21.2 Å². The van der Waals surface area contributed by atoms with Crippen LogP contribution in [0.3, 0.4) is 0 Å². The fourth-order valence-electron chi connectivity index (χ4n) is 2.44. The van der Waals surface area contributed by atoms with Crippen LogP contribution < -0.4 is 5.32 Å². The van der Waals surface area contributed by atoms with Gasteiger partial charge in [0.2, 0.25) is 6.41 Å². The zero-order chi connectivity index (χ0) is 15.0. The largest absolute Gasteiger partial charge is 0.329 e. The molecule has 1 N–H and O–H groups in total. The van der Waals surface area contributed by atoms with Crippen molar-refractivity contribution in [1.29, 1.82) is 0 Å². The van der Waals surface area contributed by atoms with Gasteiger partial charge in [-0.15, -0.1) is 0 Å². The van der Waals surface area contributed by atoms with Gasteiger partial charge in [0.05, 0.1) is 6.04 Å². The average Bonchev–Trinajstić information content (AvgIpc) is 2.47. The van der Waals surface area contributed by atoms with E-state index in [-0.39, 0.29) is 0 Å². The minimum Gasteiger partial charge on any atom is -0.307 e. The Kier molecular flexibility index (Phi) is 3.69. The monoisotopic (exact) mass is 364 g/mol. The van der Waals surface area contributed by atoms with Crippen LogP contribution in [0.5, 0.6) is 0 Å². The van der Waals surface area contributed by atoms with Crippen molar-refractivity contribution in [2.45, 2.75) is 6.04 Å². The van der Waals surface area contributed by atoms with E-state index in [0.29, 0.717) is 22.7 Å². The van der Waals surface area contributed by atoms with Crippen molar-refractivity contribution < 1.29 is 9.59 Å². The molecule has 3 amide bonds. The molecule has 106 valence electrons. The maximum Gasteiger partial charge on any atom is 0.329 e. The van der Waals surface area contributed by atoms with E-state index < -0.39 is 12.1 Å². The SMILES string of the molecule is O=CN1C(=O)Nc2cccc(Cl)c2C1c1ccc(Br)cc1. The number of urea groups is 1. The first-order valence-corrected chi connectivity index (χ1v) is 7.37. The molecule has 0 saturated heterocycles. The molecule has 2 aromatic carbocycles. The summed E-state index contributed by atoms with van der Waals surface area (Å²) in [5.74, 6) is 0. The van der Waals surface area contributed by atoms with Crippen LogP contribution in [0.2, 0.25) is 5.02 Å². The van der Waals surface area contributed by atoms with Gasteiger partial charge in [0.1, 0.15) is 0 Å². The Balaban J connectivity index is 2.21. The van der Waals surface area contributed by atoms with Gasteiger partial charge < -0.3 is 5.32 Å². The number of rotatable bonds is 2. The first kappa shape index (κ1) is 14.1. The minimum absolute atomic E-state index is 0.465. The van der Waals surface area contributed by atoms with Gasteiger partial charge >= 0.3 is 6.03 Å². The Bertz CT molecular complexity index is 718. The third kappa shape index (κ3) is 2.43. The number of nitrogens with one attached hydrogen (secondary N) is 1. The van der Waals surface area contributed by atoms with E-state index in [0.717, 1.165) is 14.9 Å². The molecule has 3 rings (SSSR count). The summed E-state index contributed by atoms with van der Waals surface area (Å²) in [6.07, 6.45) is 0.522. The van der Waals surface area contributed by atoms with Crippen LogP contribution in [0, 0.1) is 0 Å². The van der Waals surface area contributed by atoms with Gasteiger partial charge in [0, 0.05) is 20.7 Å². The molecular weight excluding hydrogens is 356 g/mol. The fraction of sp³-hybridized carbons (Fsp3) is 0.0667. The normalized spacial score (nSPS) is 17.1. The van der Waals surface area contributed by atoms with E-state index in [1.807, 2.05) is 24.3 Å². The number of carbonyl (C=O) groups is 2. The number of carbonyl (C=O) groups excluding carboxylic acids is 2. The summed E-state index contributed by atoms with van der Waals surface area (Å²) < 4.78 is 0.920. The Morgan fingerprint density at radius 3 is 2.57 bits per heavy atom. The van der Waals surface area contributed by atoms with Gasteiger partial charge in [-0.1, -0.05) is 45.7 Å². The Hall–Kier alpha value is -1.85. The summed E-state index contributed by atoms with van der Waals surface area (Å²) in [4.78, 5) is 24.5. The van der Waals surface area contributed by atoms with Crippen LogP contribution >= 0.6 is 27.5 Å². The van der Waals surface area contributed by atoms with Crippen LogP contribution in [0.15, 0.2) is 46.9 Å². The van der Waals surface area contributed by atoms with E-state index in [4.69, 9.17) is 11.6 Å². The van der Waals surface area contributed by atoms with Crippen molar-refractivity contribution in [3.8, 4) is 0 Å². The highest BCUT2D eigenvalue weighted by molar-refractivity contribution is 9.10. The number of imide groups is 1. The molecule has 1 heterocycles. The number of halogens is 2. The molecule has 21 heavy (non-hydrogen) atoms. The standard InChI is InChI=1S/C15H10BrClN2O2/c16-10-6-4-9(5-7-10)14-13-11(17)2-1-3-12(13)18-15(21)19(14)8-20/h1-8,14H,(H,18,21).